The van der Waals surface area contributed by atoms with Gasteiger partial charge in [0, 0.05) is 24.2 Å². The molecule has 0 saturated carbocycles. The van der Waals surface area contributed by atoms with Crippen molar-refractivity contribution in [2.75, 3.05) is 0 Å². The molecule has 0 fully saturated rings. The van der Waals surface area contributed by atoms with E-state index in [0.717, 1.165) is 5.56 Å². The summed E-state index contributed by atoms with van der Waals surface area (Å²) in [5, 5.41) is 7.20. The number of rotatable bonds is 5. The molecule has 3 aromatic heterocycles. The molecule has 0 aliphatic rings. The first-order chi connectivity index (χ1) is 12.0. The van der Waals surface area contributed by atoms with Crippen LogP contribution in [0.15, 0.2) is 47.4 Å². The second kappa shape index (κ2) is 7.40. The monoisotopic (exact) mass is 357 g/mol. The van der Waals surface area contributed by atoms with E-state index in [1.165, 1.54) is 6.20 Å². The van der Waals surface area contributed by atoms with Crippen molar-refractivity contribution in [1.82, 2.24) is 25.4 Å². The molecule has 1 unspecified atom stereocenters. The predicted octanol–water partition coefficient (Wildman–Crippen LogP) is 3.31. The maximum Gasteiger partial charge on any atom is 0.253 e. The van der Waals surface area contributed by atoms with E-state index in [-0.39, 0.29) is 11.8 Å². The smallest absolute Gasteiger partial charge is 0.253 e. The lowest BCUT2D eigenvalue weighted by molar-refractivity contribution is 0.0913. The van der Waals surface area contributed by atoms with Gasteiger partial charge in [0.15, 0.2) is 0 Å². The minimum Gasteiger partial charge on any atom is -0.340 e. The third-order valence-electron chi connectivity index (χ3n) is 3.57. The number of hydrogen-bond donors (Lipinski definition) is 1. The number of nitrogens with one attached hydrogen (secondary N) is 1. The largest absolute Gasteiger partial charge is 0.340 e. The average molecular weight is 358 g/mol. The van der Waals surface area contributed by atoms with Gasteiger partial charge < -0.3 is 9.84 Å². The Morgan fingerprint density at radius 1 is 1.24 bits per heavy atom. The van der Waals surface area contributed by atoms with Gasteiger partial charge in [0.05, 0.1) is 5.56 Å². The molecule has 25 heavy (non-hydrogen) atoms. The lowest BCUT2D eigenvalue weighted by atomic mass is 10.0. The van der Waals surface area contributed by atoms with Crippen molar-refractivity contribution in [3.05, 3.63) is 59.5 Å². The number of halogens is 1. The first-order valence-electron chi connectivity index (χ1n) is 7.71. The highest BCUT2D eigenvalue weighted by atomic mass is 35.5. The molecule has 1 atom stereocenters. The number of nitrogens with zero attached hydrogens (tertiary/aromatic N) is 4. The van der Waals surface area contributed by atoms with E-state index in [4.69, 9.17) is 16.1 Å². The van der Waals surface area contributed by atoms with E-state index < -0.39 is 6.04 Å². The second-order valence-corrected chi connectivity index (χ2v) is 6.15. The van der Waals surface area contributed by atoms with Crippen molar-refractivity contribution in [3.8, 4) is 11.4 Å². The zero-order valence-electron chi connectivity index (χ0n) is 13.7. The van der Waals surface area contributed by atoms with Crippen LogP contribution in [0.1, 0.15) is 36.1 Å². The van der Waals surface area contributed by atoms with Crippen LogP contribution < -0.4 is 5.32 Å². The first kappa shape index (κ1) is 17.0. The number of carbonyl (C=O) groups is 1. The fourth-order valence-electron chi connectivity index (χ4n) is 2.22. The molecule has 7 nitrogen and oxygen atoms in total. The molecule has 0 saturated heterocycles. The fraction of sp³-hybridized carbons (Fsp3) is 0.235. The summed E-state index contributed by atoms with van der Waals surface area (Å²) < 4.78 is 5.36. The lowest BCUT2D eigenvalue weighted by Gasteiger charge is -2.18. The Morgan fingerprint density at radius 3 is 2.72 bits per heavy atom. The lowest BCUT2D eigenvalue weighted by Crippen LogP contribution is -2.32. The van der Waals surface area contributed by atoms with Crippen molar-refractivity contribution in [1.29, 1.82) is 0 Å². The molecule has 1 amide bonds. The van der Waals surface area contributed by atoms with Crippen molar-refractivity contribution >= 4 is 17.5 Å². The quantitative estimate of drug-likeness (QED) is 0.704. The molecule has 0 aliphatic carbocycles. The Labute approximate surface area is 149 Å². The Bertz CT molecular complexity index is 849. The van der Waals surface area contributed by atoms with E-state index in [1.54, 1.807) is 30.6 Å². The summed E-state index contributed by atoms with van der Waals surface area (Å²) in [6.45, 7) is 3.91. The van der Waals surface area contributed by atoms with Crippen LogP contribution in [-0.4, -0.2) is 26.0 Å². The van der Waals surface area contributed by atoms with Crippen molar-refractivity contribution in [2.24, 2.45) is 5.92 Å². The van der Waals surface area contributed by atoms with Crippen LogP contribution >= 0.6 is 11.6 Å². The topological polar surface area (TPSA) is 93.8 Å². The molecule has 3 rings (SSSR count). The van der Waals surface area contributed by atoms with Crippen LogP contribution in [0.4, 0.5) is 0 Å². The van der Waals surface area contributed by atoms with Crippen LogP contribution in [0, 0.1) is 5.92 Å². The third kappa shape index (κ3) is 4.00. The van der Waals surface area contributed by atoms with Crippen molar-refractivity contribution < 1.29 is 9.32 Å². The molecule has 0 spiro atoms. The van der Waals surface area contributed by atoms with Crippen LogP contribution in [0.3, 0.4) is 0 Å². The van der Waals surface area contributed by atoms with Gasteiger partial charge in [-0.25, -0.2) is 4.98 Å². The molecule has 3 aromatic rings. The molecule has 128 valence electrons. The van der Waals surface area contributed by atoms with Crippen LogP contribution in [0.5, 0.6) is 0 Å². The highest BCUT2D eigenvalue weighted by Crippen LogP contribution is 2.23. The molecular formula is C17H16ClN5O2. The Balaban J connectivity index is 1.81. The predicted molar refractivity (Wildman–Crippen MR) is 91.8 cm³/mol. The zero-order chi connectivity index (χ0) is 17.8. The van der Waals surface area contributed by atoms with Gasteiger partial charge in [0.2, 0.25) is 11.7 Å². The Kier molecular flexibility index (Phi) is 5.04. The first-order valence-corrected chi connectivity index (χ1v) is 8.09. The third-order valence-corrected chi connectivity index (χ3v) is 3.79. The van der Waals surface area contributed by atoms with Gasteiger partial charge in [-0.2, -0.15) is 4.98 Å². The van der Waals surface area contributed by atoms with Gasteiger partial charge in [-0.1, -0.05) is 30.6 Å². The normalized spacial score (nSPS) is 12.2. The maximum absolute atomic E-state index is 12.4. The van der Waals surface area contributed by atoms with Gasteiger partial charge in [-0.05, 0) is 30.2 Å². The average Bonchev–Trinajstić information content (AvgIpc) is 3.10. The van der Waals surface area contributed by atoms with Crippen molar-refractivity contribution in [2.45, 2.75) is 19.9 Å². The highest BCUT2D eigenvalue weighted by Gasteiger charge is 2.25. The molecule has 0 bridgehead atoms. The van der Waals surface area contributed by atoms with E-state index >= 15 is 0 Å². The van der Waals surface area contributed by atoms with Crippen LogP contribution in [0.25, 0.3) is 11.4 Å². The Morgan fingerprint density at radius 2 is 2.08 bits per heavy atom. The number of amides is 1. The summed E-state index contributed by atoms with van der Waals surface area (Å²) in [4.78, 5) is 24.8. The van der Waals surface area contributed by atoms with Gasteiger partial charge in [-0.3, -0.25) is 9.78 Å². The molecule has 0 aromatic carbocycles. The van der Waals surface area contributed by atoms with E-state index in [1.807, 2.05) is 19.9 Å². The summed E-state index contributed by atoms with van der Waals surface area (Å²) in [6.07, 6.45) is 4.74. The Hall–Kier alpha value is -2.80. The molecule has 1 N–H and O–H groups in total. The van der Waals surface area contributed by atoms with E-state index in [0.29, 0.717) is 22.4 Å². The summed E-state index contributed by atoms with van der Waals surface area (Å²) in [5.41, 5.74) is 1.15. The van der Waals surface area contributed by atoms with Crippen molar-refractivity contribution in [3.63, 3.8) is 0 Å². The van der Waals surface area contributed by atoms with Gasteiger partial charge >= 0.3 is 0 Å². The van der Waals surface area contributed by atoms with Gasteiger partial charge in [0.25, 0.3) is 5.91 Å². The highest BCUT2D eigenvalue weighted by molar-refractivity contribution is 6.29. The molecule has 3 heterocycles. The fourth-order valence-corrected chi connectivity index (χ4v) is 2.33. The summed E-state index contributed by atoms with van der Waals surface area (Å²) >= 11 is 5.75. The molecule has 8 heteroatoms. The van der Waals surface area contributed by atoms with Crippen LogP contribution in [0.2, 0.25) is 5.15 Å². The number of pyridine rings is 2. The van der Waals surface area contributed by atoms with Crippen LogP contribution in [-0.2, 0) is 0 Å². The summed E-state index contributed by atoms with van der Waals surface area (Å²) in [6, 6.07) is 6.37. The number of carbonyl (C=O) groups excluding carboxylic acids is 1. The zero-order valence-corrected chi connectivity index (χ0v) is 14.4. The minimum atomic E-state index is -0.430. The summed E-state index contributed by atoms with van der Waals surface area (Å²) in [7, 11) is 0. The van der Waals surface area contributed by atoms with Gasteiger partial charge in [0.1, 0.15) is 11.2 Å². The second-order valence-electron chi connectivity index (χ2n) is 5.76. The minimum absolute atomic E-state index is 0.0476. The van der Waals surface area contributed by atoms with E-state index in [2.05, 4.69) is 25.4 Å². The molecule has 0 radical (unpaired) electrons. The number of hydrogen-bond acceptors (Lipinski definition) is 6. The number of aromatic nitrogens is 4. The maximum atomic E-state index is 12.4. The SMILES string of the molecule is CC(C)C(NC(=O)c1ccc(Cl)nc1)c1nc(-c2cccnc2)no1. The van der Waals surface area contributed by atoms with Gasteiger partial charge in [-0.15, -0.1) is 0 Å². The molecule has 0 aliphatic heterocycles. The standard InChI is InChI=1S/C17H16ClN5O2/c1-10(2)14(21-16(24)12-5-6-13(18)20-9-12)17-22-15(23-25-17)11-4-3-7-19-8-11/h3-10,14H,1-2H3,(H,21,24). The molecular weight excluding hydrogens is 342 g/mol. The van der Waals surface area contributed by atoms with E-state index in [9.17, 15) is 4.79 Å². The summed E-state index contributed by atoms with van der Waals surface area (Å²) in [5.74, 6) is 0.524.